The van der Waals surface area contributed by atoms with E-state index in [-0.39, 0.29) is 17.6 Å². The summed E-state index contributed by atoms with van der Waals surface area (Å²) in [4.78, 5) is 12.5. The Morgan fingerprint density at radius 1 is 1.24 bits per heavy atom. The summed E-state index contributed by atoms with van der Waals surface area (Å²) in [5.41, 5.74) is 0.876. The number of halogens is 2. The van der Waals surface area contributed by atoms with E-state index in [4.69, 9.17) is 0 Å². The number of ketones is 1. The van der Waals surface area contributed by atoms with E-state index in [1.807, 2.05) is 0 Å². The fraction of sp³-hybridized carbons (Fsp3) is 0.588. The summed E-state index contributed by atoms with van der Waals surface area (Å²) in [6.45, 7) is 0. The van der Waals surface area contributed by atoms with Gasteiger partial charge in [-0.3, -0.25) is 4.79 Å². The second-order valence-electron chi connectivity index (χ2n) is 6.34. The standard InChI is InChI=1S/C17H21BrFNO/c18-13-9-11(5-7-14(13)19)10-17(21)16-8-6-12-3-1-2-4-15(12)20-16/h5,7,9,12,15-16,20H,1-4,6,8,10H2. The summed E-state index contributed by atoms with van der Waals surface area (Å²) >= 11 is 3.18. The molecule has 3 atom stereocenters. The van der Waals surface area contributed by atoms with Crippen LogP contribution in [0.4, 0.5) is 4.39 Å². The average Bonchev–Trinajstić information content (AvgIpc) is 2.50. The lowest BCUT2D eigenvalue weighted by Crippen LogP contribution is -2.52. The van der Waals surface area contributed by atoms with Crippen LogP contribution in [-0.4, -0.2) is 17.9 Å². The van der Waals surface area contributed by atoms with E-state index in [9.17, 15) is 9.18 Å². The van der Waals surface area contributed by atoms with Gasteiger partial charge in [0.15, 0.2) is 5.78 Å². The third-order valence-electron chi connectivity index (χ3n) is 4.90. The molecule has 2 fully saturated rings. The first-order valence-corrected chi connectivity index (χ1v) is 8.65. The summed E-state index contributed by atoms with van der Waals surface area (Å²) in [5, 5.41) is 3.57. The predicted molar refractivity (Wildman–Crippen MR) is 84.7 cm³/mol. The Labute approximate surface area is 133 Å². The molecule has 1 aliphatic carbocycles. The van der Waals surface area contributed by atoms with Crippen LogP contribution in [0, 0.1) is 11.7 Å². The van der Waals surface area contributed by atoms with Crippen molar-refractivity contribution in [1.29, 1.82) is 0 Å². The third kappa shape index (κ3) is 3.54. The number of carbonyl (C=O) groups is 1. The molecular formula is C17H21BrFNO. The number of carbonyl (C=O) groups excluding carboxylic acids is 1. The second-order valence-corrected chi connectivity index (χ2v) is 7.19. The smallest absolute Gasteiger partial charge is 0.154 e. The molecule has 0 spiro atoms. The lowest BCUT2D eigenvalue weighted by molar-refractivity contribution is -0.121. The predicted octanol–water partition coefficient (Wildman–Crippen LogP) is 4.01. The van der Waals surface area contributed by atoms with Crippen LogP contribution in [0.3, 0.4) is 0 Å². The van der Waals surface area contributed by atoms with Gasteiger partial charge in [0, 0.05) is 12.5 Å². The minimum atomic E-state index is -0.285. The summed E-state index contributed by atoms with van der Waals surface area (Å²) in [6, 6.07) is 5.33. The van der Waals surface area contributed by atoms with Crippen molar-refractivity contribution in [1.82, 2.24) is 5.32 Å². The molecule has 1 heterocycles. The summed E-state index contributed by atoms with van der Waals surface area (Å²) in [5.74, 6) is 0.715. The topological polar surface area (TPSA) is 29.1 Å². The molecule has 0 radical (unpaired) electrons. The van der Waals surface area contributed by atoms with Crippen LogP contribution < -0.4 is 5.32 Å². The largest absolute Gasteiger partial charge is 0.304 e. The van der Waals surface area contributed by atoms with E-state index in [2.05, 4.69) is 21.2 Å². The molecule has 3 unspecified atom stereocenters. The first-order valence-electron chi connectivity index (χ1n) is 7.86. The van der Waals surface area contributed by atoms with Crippen molar-refractivity contribution < 1.29 is 9.18 Å². The monoisotopic (exact) mass is 353 g/mol. The van der Waals surface area contributed by atoms with Gasteiger partial charge in [0.1, 0.15) is 5.82 Å². The number of nitrogens with one attached hydrogen (secondary N) is 1. The van der Waals surface area contributed by atoms with Crippen molar-refractivity contribution in [3.05, 3.63) is 34.1 Å². The Hall–Kier alpha value is -0.740. The van der Waals surface area contributed by atoms with Crippen molar-refractivity contribution in [2.24, 2.45) is 5.92 Å². The fourth-order valence-electron chi connectivity index (χ4n) is 3.72. The molecule has 114 valence electrons. The Morgan fingerprint density at radius 2 is 2.05 bits per heavy atom. The number of fused-ring (bicyclic) bond motifs is 1. The number of hydrogen-bond acceptors (Lipinski definition) is 2. The highest BCUT2D eigenvalue weighted by Gasteiger charge is 2.34. The molecule has 0 amide bonds. The molecule has 0 aromatic heterocycles. The van der Waals surface area contributed by atoms with Crippen LogP contribution in [0.25, 0.3) is 0 Å². The van der Waals surface area contributed by atoms with Gasteiger partial charge >= 0.3 is 0 Å². The second kappa shape index (κ2) is 6.57. The van der Waals surface area contributed by atoms with Crippen LogP contribution in [0.2, 0.25) is 0 Å². The maximum atomic E-state index is 13.2. The van der Waals surface area contributed by atoms with Gasteiger partial charge in [0.25, 0.3) is 0 Å². The zero-order valence-corrected chi connectivity index (χ0v) is 13.7. The lowest BCUT2D eigenvalue weighted by Gasteiger charge is -2.40. The normalized spacial score (nSPS) is 29.0. The van der Waals surface area contributed by atoms with Crippen molar-refractivity contribution >= 4 is 21.7 Å². The number of benzene rings is 1. The fourth-order valence-corrected chi connectivity index (χ4v) is 4.15. The van der Waals surface area contributed by atoms with Gasteiger partial charge in [0.05, 0.1) is 10.5 Å². The molecule has 1 aromatic carbocycles. The van der Waals surface area contributed by atoms with E-state index in [0.717, 1.165) is 17.9 Å². The third-order valence-corrected chi connectivity index (χ3v) is 5.51. The van der Waals surface area contributed by atoms with E-state index < -0.39 is 0 Å². The average molecular weight is 354 g/mol. The number of piperidine rings is 1. The van der Waals surface area contributed by atoms with Gasteiger partial charge in [-0.05, 0) is 65.2 Å². The molecule has 4 heteroatoms. The zero-order valence-electron chi connectivity index (χ0n) is 12.1. The van der Waals surface area contributed by atoms with Crippen molar-refractivity contribution in [3.63, 3.8) is 0 Å². The molecule has 1 N–H and O–H groups in total. The minimum absolute atomic E-state index is 0.0202. The maximum Gasteiger partial charge on any atom is 0.154 e. The molecule has 2 aliphatic rings. The number of hydrogen-bond donors (Lipinski definition) is 1. The van der Waals surface area contributed by atoms with Gasteiger partial charge in [-0.15, -0.1) is 0 Å². The zero-order chi connectivity index (χ0) is 14.8. The summed E-state index contributed by atoms with van der Waals surface area (Å²) in [6.07, 6.45) is 7.63. The van der Waals surface area contributed by atoms with Gasteiger partial charge in [-0.25, -0.2) is 4.39 Å². The van der Waals surface area contributed by atoms with E-state index in [1.54, 1.807) is 12.1 Å². The highest BCUT2D eigenvalue weighted by Crippen LogP contribution is 2.32. The quantitative estimate of drug-likeness (QED) is 0.889. The van der Waals surface area contributed by atoms with Gasteiger partial charge in [-0.1, -0.05) is 18.9 Å². The SMILES string of the molecule is O=C(Cc1ccc(F)c(Br)c1)C1CCC2CCCCC2N1. The Kier molecular flexibility index (Phi) is 4.75. The maximum absolute atomic E-state index is 13.2. The molecule has 0 bridgehead atoms. The first kappa shape index (κ1) is 15.2. The lowest BCUT2D eigenvalue weighted by atomic mass is 9.77. The molecule has 1 aliphatic heterocycles. The minimum Gasteiger partial charge on any atom is -0.304 e. The first-order chi connectivity index (χ1) is 10.1. The molecule has 1 aromatic rings. The van der Waals surface area contributed by atoms with Crippen LogP contribution in [-0.2, 0) is 11.2 Å². The van der Waals surface area contributed by atoms with E-state index in [1.165, 1.54) is 38.2 Å². The van der Waals surface area contributed by atoms with E-state index in [0.29, 0.717) is 16.9 Å². The molecular weight excluding hydrogens is 333 g/mol. The van der Waals surface area contributed by atoms with Gasteiger partial charge in [0.2, 0.25) is 0 Å². The Morgan fingerprint density at radius 3 is 2.86 bits per heavy atom. The van der Waals surface area contributed by atoms with Crippen molar-refractivity contribution in [2.75, 3.05) is 0 Å². The van der Waals surface area contributed by atoms with Crippen molar-refractivity contribution in [3.8, 4) is 0 Å². The van der Waals surface area contributed by atoms with Crippen molar-refractivity contribution in [2.45, 2.75) is 57.0 Å². The number of rotatable bonds is 3. The van der Waals surface area contributed by atoms with Crippen LogP contribution >= 0.6 is 15.9 Å². The van der Waals surface area contributed by atoms with Gasteiger partial charge in [-0.2, -0.15) is 0 Å². The molecule has 1 saturated heterocycles. The van der Waals surface area contributed by atoms with Crippen LogP contribution in [0.5, 0.6) is 0 Å². The summed E-state index contributed by atoms with van der Waals surface area (Å²) in [7, 11) is 0. The summed E-state index contributed by atoms with van der Waals surface area (Å²) < 4.78 is 13.7. The molecule has 21 heavy (non-hydrogen) atoms. The molecule has 3 rings (SSSR count). The highest BCUT2D eigenvalue weighted by molar-refractivity contribution is 9.10. The Balaban J connectivity index is 1.61. The molecule has 2 nitrogen and oxygen atoms in total. The van der Waals surface area contributed by atoms with Crippen LogP contribution in [0.1, 0.15) is 44.1 Å². The highest BCUT2D eigenvalue weighted by atomic mass is 79.9. The van der Waals surface area contributed by atoms with Crippen LogP contribution in [0.15, 0.2) is 22.7 Å². The Bertz CT molecular complexity index is 534. The van der Waals surface area contributed by atoms with Gasteiger partial charge < -0.3 is 5.32 Å². The molecule has 1 saturated carbocycles. The van der Waals surface area contributed by atoms with E-state index >= 15 is 0 Å². The number of Topliss-reactive ketones (excluding diaryl/α,β-unsaturated/α-hetero) is 1.